The average Bonchev–Trinajstić information content (AvgIpc) is 3.03. The molecule has 2 aromatic carbocycles. The molecular formula is C20H20N2O4. The van der Waals surface area contributed by atoms with Gasteiger partial charge in [-0.15, -0.1) is 0 Å². The van der Waals surface area contributed by atoms with E-state index in [1.165, 1.54) is 12.1 Å². The van der Waals surface area contributed by atoms with Crippen LogP contribution in [0.5, 0.6) is 5.75 Å². The smallest absolute Gasteiger partial charge is 0.270 e. The van der Waals surface area contributed by atoms with Crippen LogP contribution in [-0.2, 0) is 6.42 Å². The molecule has 0 aliphatic heterocycles. The lowest BCUT2D eigenvalue weighted by molar-refractivity contribution is -0.384. The zero-order valence-electron chi connectivity index (χ0n) is 14.7. The Balaban J connectivity index is 2.14. The Hall–Kier alpha value is -3.15. The summed E-state index contributed by atoms with van der Waals surface area (Å²) in [6.45, 7) is 2.08. The molecule has 0 fully saturated rings. The second-order valence-electron chi connectivity index (χ2n) is 6.13. The summed E-state index contributed by atoms with van der Waals surface area (Å²) in [5.74, 6) is 0.521. The number of nitrogens with zero attached hydrogens (tertiary/aromatic N) is 1. The van der Waals surface area contributed by atoms with Crippen molar-refractivity contribution in [2.75, 3.05) is 7.11 Å². The molecule has 1 aromatic heterocycles. The number of carbonyl (C=O) groups is 1. The van der Waals surface area contributed by atoms with Crippen LogP contribution in [0.25, 0.3) is 10.9 Å². The SMILES string of the molecule is CCCCc1[nH]c2ccc([N+](=O)[O-])cc2c1C(=O)c1ccc(OC)cc1. The van der Waals surface area contributed by atoms with Crippen molar-refractivity contribution in [1.29, 1.82) is 0 Å². The Kier molecular flexibility index (Phi) is 5.02. The number of nitro groups is 1. The minimum absolute atomic E-state index is 0.0256. The number of nitro benzene ring substituents is 1. The summed E-state index contributed by atoms with van der Waals surface area (Å²) in [4.78, 5) is 27.1. The van der Waals surface area contributed by atoms with Gasteiger partial charge < -0.3 is 9.72 Å². The molecule has 1 N–H and O–H groups in total. The fourth-order valence-corrected chi connectivity index (χ4v) is 3.04. The first-order chi connectivity index (χ1) is 12.5. The Morgan fingerprint density at radius 2 is 1.92 bits per heavy atom. The number of unbranched alkanes of at least 4 members (excludes halogenated alkanes) is 1. The van der Waals surface area contributed by atoms with E-state index in [1.807, 2.05) is 0 Å². The number of rotatable bonds is 7. The summed E-state index contributed by atoms with van der Waals surface area (Å²) < 4.78 is 5.14. The van der Waals surface area contributed by atoms with E-state index >= 15 is 0 Å². The van der Waals surface area contributed by atoms with Crippen LogP contribution in [0.1, 0.15) is 41.4 Å². The molecule has 6 nitrogen and oxygen atoms in total. The number of ketones is 1. The van der Waals surface area contributed by atoms with Crippen molar-refractivity contribution in [3.63, 3.8) is 0 Å². The van der Waals surface area contributed by atoms with Crippen LogP contribution in [0.15, 0.2) is 42.5 Å². The first-order valence-corrected chi connectivity index (χ1v) is 8.53. The molecule has 0 bridgehead atoms. The number of carbonyl (C=O) groups excluding carboxylic acids is 1. The number of nitrogens with one attached hydrogen (secondary N) is 1. The molecule has 0 spiro atoms. The highest BCUT2D eigenvalue weighted by atomic mass is 16.6. The van der Waals surface area contributed by atoms with Crippen LogP contribution >= 0.6 is 0 Å². The lowest BCUT2D eigenvalue weighted by atomic mass is 9.98. The summed E-state index contributed by atoms with van der Waals surface area (Å²) in [5.41, 5.74) is 2.57. The molecular weight excluding hydrogens is 332 g/mol. The number of fused-ring (bicyclic) bond motifs is 1. The molecule has 0 radical (unpaired) electrons. The molecule has 0 aliphatic rings. The molecule has 0 saturated carbocycles. The topological polar surface area (TPSA) is 85.2 Å². The third kappa shape index (κ3) is 3.31. The largest absolute Gasteiger partial charge is 0.497 e. The van der Waals surface area contributed by atoms with E-state index in [9.17, 15) is 14.9 Å². The number of aromatic amines is 1. The fraction of sp³-hybridized carbons (Fsp3) is 0.250. The van der Waals surface area contributed by atoms with Gasteiger partial charge in [-0.05, 0) is 43.2 Å². The number of non-ortho nitro benzene ring substituents is 1. The average molecular weight is 352 g/mol. The Morgan fingerprint density at radius 1 is 1.19 bits per heavy atom. The van der Waals surface area contributed by atoms with Crippen LogP contribution in [-0.4, -0.2) is 22.8 Å². The highest BCUT2D eigenvalue weighted by Gasteiger charge is 2.21. The first-order valence-electron chi connectivity index (χ1n) is 8.53. The zero-order chi connectivity index (χ0) is 18.7. The molecule has 3 aromatic rings. The van der Waals surface area contributed by atoms with Gasteiger partial charge in [0.2, 0.25) is 0 Å². The second-order valence-corrected chi connectivity index (χ2v) is 6.13. The quantitative estimate of drug-likeness (QED) is 0.381. The molecule has 0 aliphatic carbocycles. The molecule has 26 heavy (non-hydrogen) atoms. The summed E-state index contributed by atoms with van der Waals surface area (Å²) >= 11 is 0. The number of aromatic nitrogens is 1. The number of H-pyrrole nitrogens is 1. The molecule has 0 unspecified atom stereocenters. The van der Waals surface area contributed by atoms with Gasteiger partial charge in [0.25, 0.3) is 5.69 Å². The molecule has 3 rings (SSSR count). The van der Waals surface area contributed by atoms with Crippen LogP contribution < -0.4 is 4.74 Å². The Labute approximate surface area is 150 Å². The molecule has 0 amide bonds. The maximum absolute atomic E-state index is 13.2. The van der Waals surface area contributed by atoms with Gasteiger partial charge in [0.1, 0.15) is 5.75 Å². The number of hydrogen-bond donors (Lipinski definition) is 1. The number of benzene rings is 2. The van der Waals surface area contributed by atoms with E-state index in [4.69, 9.17) is 4.74 Å². The van der Waals surface area contributed by atoms with E-state index < -0.39 is 4.92 Å². The van der Waals surface area contributed by atoms with E-state index in [1.54, 1.807) is 37.4 Å². The molecule has 134 valence electrons. The lowest BCUT2D eigenvalue weighted by Crippen LogP contribution is -2.04. The fourth-order valence-electron chi connectivity index (χ4n) is 3.04. The number of ether oxygens (including phenoxy) is 1. The highest BCUT2D eigenvalue weighted by Crippen LogP contribution is 2.30. The Morgan fingerprint density at radius 3 is 2.54 bits per heavy atom. The summed E-state index contributed by atoms with van der Waals surface area (Å²) in [7, 11) is 1.57. The monoisotopic (exact) mass is 352 g/mol. The number of hydrogen-bond acceptors (Lipinski definition) is 4. The second kappa shape index (κ2) is 7.39. The van der Waals surface area contributed by atoms with Gasteiger partial charge >= 0.3 is 0 Å². The minimum Gasteiger partial charge on any atom is -0.497 e. The Bertz CT molecular complexity index is 958. The molecule has 1 heterocycles. The van der Waals surface area contributed by atoms with E-state index in [2.05, 4.69) is 11.9 Å². The minimum atomic E-state index is -0.445. The van der Waals surface area contributed by atoms with Gasteiger partial charge in [0.15, 0.2) is 5.78 Å². The third-order valence-corrected chi connectivity index (χ3v) is 4.43. The van der Waals surface area contributed by atoms with Gasteiger partial charge in [-0.2, -0.15) is 0 Å². The van der Waals surface area contributed by atoms with Gasteiger partial charge in [-0.3, -0.25) is 14.9 Å². The van der Waals surface area contributed by atoms with Crippen LogP contribution in [0.4, 0.5) is 5.69 Å². The standard InChI is InChI=1S/C20H20N2O4/c1-3-4-5-18-19(20(23)13-6-9-15(26-2)10-7-13)16-12-14(22(24)25)8-11-17(16)21-18/h6-12,21H,3-5H2,1-2H3. The van der Waals surface area contributed by atoms with Crippen molar-refractivity contribution in [3.05, 3.63) is 69.4 Å². The molecule has 0 saturated heterocycles. The van der Waals surface area contributed by atoms with E-state index in [-0.39, 0.29) is 11.5 Å². The van der Waals surface area contributed by atoms with Crippen molar-refractivity contribution in [1.82, 2.24) is 4.98 Å². The maximum Gasteiger partial charge on any atom is 0.270 e. The maximum atomic E-state index is 13.2. The summed E-state index contributed by atoms with van der Waals surface area (Å²) in [6.07, 6.45) is 2.64. The zero-order valence-corrected chi connectivity index (χ0v) is 14.7. The highest BCUT2D eigenvalue weighted by molar-refractivity contribution is 6.17. The number of aryl methyl sites for hydroxylation is 1. The predicted octanol–water partition coefficient (Wildman–Crippen LogP) is 4.66. The lowest BCUT2D eigenvalue weighted by Gasteiger charge is -2.06. The van der Waals surface area contributed by atoms with Crippen molar-refractivity contribution >= 4 is 22.4 Å². The van der Waals surface area contributed by atoms with Crippen molar-refractivity contribution in [2.45, 2.75) is 26.2 Å². The third-order valence-electron chi connectivity index (χ3n) is 4.43. The van der Waals surface area contributed by atoms with Crippen molar-refractivity contribution in [2.24, 2.45) is 0 Å². The van der Waals surface area contributed by atoms with E-state index in [0.29, 0.717) is 22.3 Å². The molecule has 0 atom stereocenters. The van der Waals surface area contributed by atoms with Gasteiger partial charge in [-0.25, -0.2) is 0 Å². The summed E-state index contributed by atoms with van der Waals surface area (Å²) in [6, 6.07) is 11.5. The van der Waals surface area contributed by atoms with Gasteiger partial charge in [0, 0.05) is 34.3 Å². The first kappa shape index (κ1) is 17.7. The van der Waals surface area contributed by atoms with Crippen LogP contribution in [0.3, 0.4) is 0 Å². The van der Waals surface area contributed by atoms with Gasteiger partial charge in [0.05, 0.1) is 17.6 Å². The van der Waals surface area contributed by atoms with Crippen LogP contribution in [0.2, 0.25) is 0 Å². The van der Waals surface area contributed by atoms with Crippen molar-refractivity contribution < 1.29 is 14.5 Å². The predicted molar refractivity (Wildman–Crippen MR) is 100.0 cm³/mol. The number of methoxy groups -OCH3 is 1. The van der Waals surface area contributed by atoms with Crippen LogP contribution in [0, 0.1) is 10.1 Å². The summed E-state index contributed by atoms with van der Waals surface area (Å²) in [5, 5.41) is 11.7. The van der Waals surface area contributed by atoms with E-state index in [0.717, 1.165) is 30.5 Å². The van der Waals surface area contributed by atoms with Gasteiger partial charge in [-0.1, -0.05) is 13.3 Å². The molecule has 6 heteroatoms. The normalized spacial score (nSPS) is 10.8. The van der Waals surface area contributed by atoms with Crippen molar-refractivity contribution in [3.8, 4) is 5.75 Å².